The van der Waals surface area contributed by atoms with Crippen molar-refractivity contribution in [2.45, 2.75) is 12.8 Å². The number of benzene rings is 1. The molecule has 0 N–H and O–H groups in total. The van der Waals surface area contributed by atoms with Gasteiger partial charge in [0, 0.05) is 36.7 Å². The van der Waals surface area contributed by atoms with Gasteiger partial charge in [0.2, 0.25) is 0 Å². The number of hydrogen-bond acceptors (Lipinski definition) is 6. The van der Waals surface area contributed by atoms with E-state index in [1.165, 1.54) is 13.2 Å². The predicted octanol–water partition coefficient (Wildman–Crippen LogP) is 1.68. The largest absolute Gasteiger partial charge is 0.490 e. The van der Waals surface area contributed by atoms with E-state index in [0.29, 0.717) is 43.7 Å². The summed E-state index contributed by atoms with van der Waals surface area (Å²) in [5.41, 5.74) is 0.919. The summed E-state index contributed by atoms with van der Waals surface area (Å²) in [5.74, 6) is 0.116. The quantitative estimate of drug-likeness (QED) is 0.620. The molecule has 3 rings (SSSR count). The average molecular weight is 320 g/mol. The fraction of sp³-hybridized carbons (Fsp3) is 0.562. The summed E-state index contributed by atoms with van der Waals surface area (Å²) < 4.78 is 10.4. The third kappa shape index (κ3) is 3.07. The Kier molecular flexibility index (Phi) is 4.58. The van der Waals surface area contributed by atoms with E-state index >= 15 is 0 Å². The van der Waals surface area contributed by atoms with Crippen molar-refractivity contribution in [3.05, 3.63) is 33.4 Å². The number of carbonyl (C=O) groups excluding carboxylic acids is 1. The van der Waals surface area contributed by atoms with Crippen molar-refractivity contribution in [2.75, 3.05) is 40.0 Å². The lowest BCUT2D eigenvalue weighted by molar-refractivity contribution is -0.386. The number of methoxy groups -OCH3 is 1. The summed E-state index contributed by atoms with van der Waals surface area (Å²) in [6.45, 7) is 3.75. The first-order chi connectivity index (χ1) is 11.1. The topological polar surface area (TPSA) is 81.9 Å². The maximum atomic E-state index is 12.7. The number of ketones is 1. The van der Waals surface area contributed by atoms with Crippen LogP contribution in [-0.2, 0) is 11.2 Å². The van der Waals surface area contributed by atoms with Crippen LogP contribution in [0.1, 0.15) is 22.3 Å². The maximum absolute atomic E-state index is 12.7. The lowest BCUT2D eigenvalue weighted by Crippen LogP contribution is -2.42. The van der Waals surface area contributed by atoms with Gasteiger partial charge in [-0.1, -0.05) is 0 Å². The molecular weight excluding hydrogens is 300 g/mol. The molecule has 0 bridgehead atoms. The van der Waals surface area contributed by atoms with Crippen LogP contribution in [0, 0.1) is 16.0 Å². The SMILES string of the molecule is COc1ccc2c(c1[N+](=O)[O-])CCC(CN1CCOCC1)C2=O. The molecular formula is C16H20N2O5. The first-order valence-electron chi connectivity index (χ1n) is 7.80. The number of nitro groups is 1. The second-order valence-corrected chi connectivity index (χ2v) is 5.91. The van der Waals surface area contributed by atoms with Crippen molar-refractivity contribution >= 4 is 11.5 Å². The maximum Gasteiger partial charge on any atom is 0.314 e. The van der Waals surface area contributed by atoms with Crippen LogP contribution < -0.4 is 4.74 Å². The van der Waals surface area contributed by atoms with Crippen LogP contribution in [0.25, 0.3) is 0 Å². The van der Waals surface area contributed by atoms with Gasteiger partial charge in [-0.05, 0) is 25.0 Å². The number of nitrogens with zero attached hydrogens (tertiary/aromatic N) is 2. The predicted molar refractivity (Wildman–Crippen MR) is 83.0 cm³/mol. The van der Waals surface area contributed by atoms with Gasteiger partial charge in [0.05, 0.1) is 25.2 Å². The van der Waals surface area contributed by atoms with E-state index in [1.807, 2.05) is 0 Å². The molecule has 0 aromatic heterocycles. The van der Waals surface area contributed by atoms with E-state index < -0.39 is 4.92 Å². The molecule has 1 aliphatic heterocycles. The number of morpholine rings is 1. The Morgan fingerprint density at radius 3 is 2.78 bits per heavy atom. The molecule has 1 heterocycles. The third-order valence-corrected chi connectivity index (χ3v) is 4.61. The van der Waals surface area contributed by atoms with Gasteiger partial charge in [0.15, 0.2) is 11.5 Å². The van der Waals surface area contributed by atoms with Crippen molar-refractivity contribution in [1.29, 1.82) is 0 Å². The Morgan fingerprint density at radius 2 is 2.13 bits per heavy atom. The number of nitro benzene ring substituents is 1. The Balaban J connectivity index is 1.85. The molecule has 7 heteroatoms. The van der Waals surface area contributed by atoms with Crippen molar-refractivity contribution in [3.63, 3.8) is 0 Å². The summed E-state index contributed by atoms with van der Waals surface area (Å²) in [4.78, 5) is 25.9. The highest BCUT2D eigenvalue weighted by Gasteiger charge is 2.35. The van der Waals surface area contributed by atoms with Crippen LogP contribution in [0.2, 0.25) is 0 Å². The van der Waals surface area contributed by atoms with Crippen LogP contribution in [-0.4, -0.2) is 55.6 Å². The summed E-state index contributed by atoms with van der Waals surface area (Å²) >= 11 is 0. The average Bonchev–Trinajstić information content (AvgIpc) is 2.57. The summed E-state index contributed by atoms with van der Waals surface area (Å²) in [6.07, 6.45) is 1.17. The summed E-state index contributed by atoms with van der Waals surface area (Å²) in [5, 5.41) is 11.3. The first-order valence-corrected chi connectivity index (χ1v) is 7.80. The van der Waals surface area contributed by atoms with E-state index in [2.05, 4.69) is 4.90 Å². The lowest BCUT2D eigenvalue weighted by Gasteiger charge is -2.32. The lowest BCUT2D eigenvalue weighted by atomic mass is 9.81. The molecule has 2 aliphatic rings. The number of ether oxygens (including phenoxy) is 2. The van der Waals surface area contributed by atoms with Crippen molar-refractivity contribution in [2.24, 2.45) is 5.92 Å². The van der Waals surface area contributed by atoms with E-state index in [4.69, 9.17) is 9.47 Å². The van der Waals surface area contributed by atoms with Crippen LogP contribution >= 0.6 is 0 Å². The van der Waals surface area contributed by atoms with E-state index in [0.717, 1.165) is 13.1 Å². The zero-order valence-corrected chi connectivity index (χ0v) is 13.1. The molecule has 1 atom stereocenters. The monoisotopic (exact) mass is 320 g/mol. The molecule has 1 fully saturated rings. The van der Waals surface area contributed by atoms with Gasteiger partial charge in [-0.2, -0.15) is 0 Å². The normalized spacial score (nSPS) is 21.8. The van der Waals surface area contributed by atoms with Crippen molar-refractivity contribution in [3.8, 4) is 5.75 Å². The van der Waals surface area contributed by atoms with Crippen LogP contribution in [0.15, 0.2) is 12.1 Å². The molecule has 0 spiro atoms. The van der Waals surface area contributed by atoms with Gasteiger partial charge in [-0.25, -0.2) is 0 Å². The van der Waals surface area contributed by atoms with E-state index in [-0.39, 0.29) is 23.1 Å². The molecule has 0 radical (unpaired) electrons. The van der Waals surface area contributed by atoms with Gasteiger partial charge in [-0.3, -0.25) is 19.8 Å². The summed E-state index contributed by atoms with van der Waals surface area (Å²) in [6, 6.07) is 3.18. The molecule has 7 nitrogen and oxygen atoms in total. The van der Waals surface area contributed by atoms with Crippen LogP contribution in [0.4, 0.5) is 5.69 Å². The van der Waals surface area contributed by atoms with Gasteiger partial charge in [-0.15, -0.1) is 0 Å². The number of Topliss-reactive ketones (excluding diaryl/α,β-unsaturated/α-hetero) is 1. The highest BCUT2D eigenvalue weighted by Crippen LogP contribution is 2.38. The minimum absolute atomic E-state index is 0.00324. The smallest absolute Gasteiger partial charge is 0.314 e. The number of carbonyl (C=O) groups is 1. The number of rotatable bonds is 4. The van der Waals surface area contributed by atoms with Gasteiger partial charge < -0.3 is 9.47 Å². The second kappa shape index (κ2) is 6.64. The van der Waals surface area contributed by atoms with Crippen LogP contribution in [0.5, 0.6) is 5.75 Å². The summed E-state index contributed by atoms with van der Waals surface area (Å²) in [7, 11) is 1.40. The second-order valence-electron chi connectivity index (χ2n) is 5.91. The van der Waals surface area contributed by atoms with Gasteiger partial charge in [0.1, 0.15) is 0 Å². The van der Waals surface area contributed by atoms with Crippen molar-refractivity contribution < 1.29 is 19.2 Å². The molecule has 0 amide bonds. The number of fused-ring (bicyclic) bond motifs is 1. The Labute approximate surface area is 134 Å². The van der Waals surface area contributed by atoms with Crippen LogP contribution in [0.3, 0.4) is 0 Å². The molecule has 124 valence electrons. The minimum Gasteiger partial charge on any atom is -0.490 e. The van der Waals surface area contributed by atoms with Gasteiger partial charge >= 0.3 is 5.69 Å². The molecule has 1 saturated heterocycles. The fourth-order valence-corrected chi connectivity index (χ4v) is 3.40. The Hall–Kier alpha value is -1.99. The number of hydrogen-bond donors (Lipinski definition) is 0. The highest BCUT2D eigenvalue weighted by molar-refractivity contribution is 6.01. The molecule has 1 unspecified atom stereocenters. The standard InChI is InChI=1S/C16H20N2O5/c1-22-14-5-4-13-12(15(14)18(20)21)3-2-11(16(13)19)10-17-6-8-23-9-7-17/h4-5,11H,2-3,6-10H2,1H3. The van der Waals surface area contributed by atoms with E-state index in [1.54, 1.807) is 6.07 Å². The first kappa shape index (κ1) is 15.9. The Morgan fingerprint density at radius 1 is 1.39 bits per heavy atom. The third-order valence-electron chi connectivity index (χ3n) is 4.61. The highest BCUT2D eigenvalue weighted by atomic mass is 16.6. The van der Waals surface area contributed by atoms with E-state index in [9.17, 15) is 14.9 Å². The molecule has 23 heavy (non-hydrogen) atoms. The molecule has 1 aliphatic carbocycles. The van der Waals surface area contributed by atoms with Gasteiger partial charge in [0.25, 0.3) is 0 Å². The molecule has 1 aromatic rings. The molecule has 1 aromatic carbocycles. The Bertz CT molecular complexity index is 625. The fourth-order valence-electron chi connectivity index (χ4n) is 3.40. The zero-order valence-electron chi connectivity index (χ0n) is 13.1. The zero-order chi connectivity index (χ0) is 16.4. The van der Waals surface area contributed by atoms with Crippen molar-refractivity contribution in [1.82, 2.24) is 4.90 Å². The minimum atomic E-state index is -0.451. The molecule has 0 saturated carbocycles.